The number of methoxy groups -OCH3 is 1. The summed E-state index contributed by atoms with van der Waals surface area (Å²) in [4.78, 5) is 16.5. The van der Waals surface area contributed by atoms with E-state index in [2.05, 4.69) is 31.5 Å². The highest BCUT2D eigenvalue weighted by atomic mass is 79.9. The molecule has 0 bridgehead atoms. The molecule has 0 radical (unpaired) electrons. The molecule has 0 aliphatic rings. The number of carbonyl (C=O) groups excluding carboxylic acids is 1. The van der Waals surface area contributed by atoms with E-state index in [1.54, 1.807) is 26.4 Å². The zero-order chi connectivity index (χ0) is 14.4. The highest BCUT2D eigenvalue weighted by Crippen LogP contribution is 2.18. The summed E-state index contributed by atoms with van der Waals surface area (Å²) in [6.07, 6.45) is 1.65. The molecule has 1 atom stereocenters. The maximum atomic E-state index is 12.3. The van der Waals surface area contributed by atoms with Gasteiger partial charge >= 0.3 is 0 Å². The average Bonchev–Trinajstić information content (AvgIpc) is 2.37. The third-order valence-electron chi connectivity index (χ3n) is 2.80. The van der Waals surface area contributed by atoms with Gasteiger partial charge in [0.2, 0.25) is 0 Å². The van der Waals surface area contributed by atoms with E-state index in [1.165, 1.54) is 0 Å². The molecular weight excluding hydrogens is 310 g/mol. The summed E-state index contributed by atoms with van der Waals surface area (Å²) in [5, 5.41) is 5.88. The van der Waals surface area contributed by atoms with Gasteiger partial charge in [-0.05, 0) is 27.9 Å². The first kappa shape index (κ1) is 15.9. The number of halogens is 1. The van der Waals surface area contributed by atoms with Gasteiger partial charge in [-0.2, -0.15) is 0 Å². The SMILES string of the molecule is CNc1ncc(Br)cc1C(=O)NC(COC)C(C)C. The molecule has 6 heteroatoms. The van der Waals surface area contributed by atoms with Crippen LogP contribution in [0.15, 0.2) is 16.7 Å². The zero-order valence-corrected chi connectivity index (χ0v) is 13.2. The first-order valence-corrected chi connectivity index (χ1v) is 6.92. The molecule has 0 saturated heterocycles. The number of nitrogens with zero attached hydrogens (tertiary/aromatic N) is 1. The summed E-state index contributed by atoms with van der Waals surface area (Å²) < 4.78 is 5.90. The van der Waals surface area contributed by atoms with E-state index < -0.39 is 0 Å². The van der Waals surface area contributed by atoms with Crippen molar-refractivity contribution in [3.63, 3.8) is 0 Å². The van der Waals surface area contributed by atoms with Gasteiger partial charge < -0.3 is 15.4 Å². The Balaban J connectivity index is 2.90. The van der Waals surface area contributed by atoms with Gasteiger partial charge in [-0.15, -0.1) is 0 Å². The van der Waals surface area contributed by atoms with Gasteiger partial charge in [-0.3, -0.25) is 4.79 Å². The molecule has 1 amide bonds. The zero-order valence-electron chi connectivity index (χ0n) is 11.7. The van der Waals surface area contributed by atoms with Crippen molar-refractivity contribution >= 4 is 27.7 Å². The predicted octanol–water partition coefficient (Wildman–Crippen LogP) is 2.29. The molecule has 0 spiro atoms. The molecule has 1 rings (SSSR count). The van der Waals surface area contributed by atoms with Crippen LogP contribution in [0.3, 0.4) is 0 Å². The quantitative estimate of drug-likeness (QED) is 0.840. The molecule has 5 nitrogen and oxygen atoms in total. The van der Waals surface area contributed by atoms with Crippen LogP contribution in [0, 0.1) is 5.92 Å². The van der Waals surface area contributed by atoms with Crippen LogP contribution in [0.1, 0.15) is 24.2 Å². The number of hydrogen-bond donors (Lipinski definition) is 2. The Morgan fingerprint density at radius 2 is 2.21 bits per heavy atom. The molecule has 0 aliphatic carbocycles. The number of anilines is 1. The van der Waals surface area contributed by atoms with Crippen molar-refractivity contribution < 1.29 is 9.53 Å². The number of amides is 1. The lowest BCUT2D eigenvalue weighted by atomic mass is 10.0. The summed E-state index contributed by atoms with van der Waals surface area (Å²) in [6, 6.07) is 1.72. The number of hydrogen-bond acceptors (Lipinski definition) is 4. The molecule has 0 aliphatic heterocycles. The van der Waals surface area contributed by atoms with Crippen LogP contribution < -0.4 is 10.6 Å². The summed E-state index contributed by atoms with van der Waals surface area (Å²) in [7, 11) is 3.36. The highest BCUT2D eigenvalue weighted by molar-refractivity contribution is 9.10. The Bertz CT molecular complexity index is 438. The average molecular weight is 330 g/mol. The largest absolute Gasteiger partial charge is 0.383 e. The Morgan fingerprint density at radius 1 is 1.53 bits per heavy atom. The minimum Gasteiger partial charge on any atom is -0.383 e. The van der Waals surface area contributed by atoms with E-state index in [0.29, 0.717) is 23.9 Å². The van der Waals surface area contributed by atoms with Crippen molar-refractivity contribution in [1.82, 2.24) is 10.3 Å². The predicted molar refractivity (Wildman–Crippen MR) is 79.5 cm³/mol. The van der Waals surface area contributed by atoms with E-state index in [9.17, 15) is 4.79 Å². The molecule has 19 heavy (non-hydrogen) atoms. The van der Waals surface area contributed by atoms with Crippen molar-refractivity contribution in [2.75, 3.05) is 26.1 Å². The molecular formula is C13H20BrN3O2. The third kappa shape index (κ3) is 4.47. The van der Waals surface area contributed by atoms with E-state index in [-0.39, 0.29) is 11.9 Å². The number of pyridine rings is 1. The number of rotatable bonds is 6. The maximum absolute atomic E-state index is 12.3. The highest BCUT2D eigenvalue weighted by Gasteiger charge is 2.19. The summed E-state index contributed by atoms with van der Waals surface area (Å²) in [5.74, 6) is 0.691. The van der Waals surface area contributed by atoms with E-state index in [0.717, 1.165) is 4.47 Å². The van der Waals surface area contributed by atoms with Gasteiger partial charge in [0, 0.05) is 24.8 Å². The number of ether oxygens (including phenoxy) is 1. The second-order valence-electron chi connectivity index (χ2n) is 4.58. The molecule has 2 N–H and O–H groups in total. The minimum atomic E-state index is -0.158. The third-order valence-corrected chi connectivity index (χ3v) is 3.24. The number of nitrogens with one attached hydrogen (secondary N) is 2. The number of carbonyl (C=O) groups is 1. The van der Waals surface area contributed by atoms with Crippen LogP contribution in [0.4, 0.5) is 5.82 Å². The fourth-order valence-corrected chi connectivity index (χ4v) is 1.97. The van der Waals surface area contributed by atoms with Gasteiger partial charge in [0.05, 0.1) is 18.2 Å². The van der Waals surface area contributed by atoms with E-state index >= 15 is 0 Å². The van der Waals surface area contributed by atoms with Gasteiger partial charge in [-0.1, -0.05) is 13.8 Å². The van der Waals surface area contributed by atoms with Gasteiger partial charge in [0.25, 0.3) is 5.91 Å². The first-order chi connectivity index (χ1) is 8.99. The maximum Gasteiger partial charge on any atom is 0.255 e. The first-order valence-electron chi connectivity index (χ1n) is 6.12. The fourth-order valence-electron chi connectivity index (χ4n) is 1.64. The van der Waals surface area contributed by atoms with Crippen LogP contribution in [-0.2, 0) is 4.74 Å². The fraction of sp³-hybridized carbons (Fsp3) is 0.538. The smallest absolute Gasteiger partial charge is 0.255 e. The van der Waals surface area contributed by atoms with Crippen molar-refractivity contribution in [3.8, 4) is 0 Å². The second kappa shape index (κ2) is 7.45. The monoisotopic (exact) mass is 329 g/mol. The van der Waals surface area contributed by atoms with Crippen molar-refractivity contribution in [3.05, 3.63) is 22.3 Å². The van der Waals surface area contributed by atoms with Crippen LogP contribution in [-0.4, -0.2) is 37.7 Å². The van der Waals surface area contributed by atoms with Gasteiger partial charge in [-0.25, -0.2) is 4.98 Å². The molecule has 1 heterocycles. The molecule has 1 aromatic heterocycles. The molecule has 1 unspecified atom stereocenters. The normalized spacial score (nSPS) is 12.3. The molecule has 1 aromatic rings. The lowest BCUT2D eigenvalue weighted by Gasteiger charge is -2.22. The van der Waals surface area contributed by atoms with Crippen LogP contribution in [0.5, 0.6) is 0 Å². The van der Waals surface area contributed by atoms with Crippen molar-refractivity contribution in [2.24, 2.45) is 5.92 Å². The molecule has 106 valence electrons. The van der Waals surface area contributed by atoms with Gasteiger partial charge in [0.15, 0.2) is 0 Å². The lowest BCUT2D eigenvalue weighted by molar-refractivity contribution is 0.0867. The Morgan fingerprint density at radius 3 is 2.74 bits per heavy atom. The molecule has 0 aromatic carbocycles. The van der Waals surface area contributed by atoms with E-state index in [1.807, 2.05) is 13.8 Å². The minimum absolute atomic E-state index is 0.0267. The topological polar surface area (TPSA) is 63.2 Å². The van der Waals surface area contributed by atoms with Crippen LogP contribution in [0.25, 0.3) is 0 Å². The Labute approximate surface area is 122 Å². The summed E-state index contributed by atoms with van der Waals surface area (Å²) in [6.45, 7) is 4.57. The Kier molecular flexibility index (Phi) is 6.24. The van der Waals surface area contributed by atoms with Crippen LogP contribution >= 0.6 is 15.9 Å². The lowest BCUT2D eigenvalue weighted by Crippen LogP contribution is -2.41. The summed E-state index contributed by atoms with van der Waals surface area (Å²) >= 11 is 3.32. The van der Waals surface area contributed by atoms with Crippen molar-refractivity contribution in [2.45, 2.75) is 19.9 Å². The molecule has 0 saturated carbocycles. The number of aromatic nitrogens is 1. The second-order valence-corrected chi connectivity index (χ2v) is 5.49. The summed E-state index contributed by atoms with van der Waals surface area (Å²) in [5.41, 5.74) is 0.513. The molecule has 0 fully saturated rings. The van der Waals surface area contributed by atoms with Gasteiger partial charge in [0.1, 0.15) is 5.82 Å². The standard InChI is InChI=1S/C13H20BrN3O2/c1-8(2)11(7-19-4)17-13(18)10-5-9(14)6-16-12(10)15-3/h5-6,8,11H,7H2,1-4H3,(H,15,16)(H,17,18). The van der Waals surface area contributed by atoms with E-state index in [4.69, 9.17) is 4.74 Å². The van der Waals surface area contributed by atoms with Crippen molar-refractivity contribution in [1.29, 1.82) is 0 Å². The van der Waals surface area contributed by atoms with Crippen LogP contribution in [0.2, 0.25) is 0 Å². The Hall–Kier alpha value is -1.14.